The van der Waals surface area contributed by atoms with Crippen LogP contribution in [0.25, 0.3) is 6.08 Å². The lowest BCUT2D eigenvalue weighted by molar-refractivity contribution is -0.110. The van der Waals surface area contributed by atoms with Crippen LogP contribution in [0, 0.1) is 0 Å². The van der Waals surface area contributed by atoms with E-state index in [-0.39, 0.29) is 23.0 Å². The fourth-order valence-electron chi connectivity index (χ4n) is 1.30. The molecule has 5 heteroatoms. The first-order valence-corrected chi connectivity index (χ1v) is 5.33. The van der Waals surface area contributed by atoms with Gasteiger partial charge in [0.2, 0.25) is 5.75 Å². The summed E-state index contributed by atoms with van der Waals surface area (Å²) in [5.41, 5.74) is 0.484. The molecule has 0 aliphatic carbocycles. The second kappa shape index (κ2) is 6.30. The summed E-state index contributed by atoms with van der Waals surface area (Å²) in [6.07, 6.45) is 4.79. The highest BCUT2D eigenvalue weighted by molar-refractivity contribution is 5.99. The summed E-state index contributed by atoms with van der Waals surface area (Å²) in [6, 6.07) is 2.76. The van der Waals surface area contributed by atoms with Crippen molar-refractivity contribution in [1.29, 1.82) is 0 Å². The minimum atomic E-state index is -0.423. The van der Waals surface area contributed by atoms with Crippen molar-refractivity contribution in [1.82, 2.24) is 0 Å². The number of carbonyl (C=O) groups excluding carboxylic acids is 1. The summed E-state index contributed by atoms with van der Waals surface area (Å²) in [4.78, 5) is 11.0. The molecule has 0 amide bonds. The predicted octanol–water partition coefficient (Wildman–Crippen LogP) is 2.32. The average Bonchev–Trinajstić information content (AvgIpc) is 2.39. The topological polar surface area (TPSA) is 87.0 Å². The molecule has 1 rings (SSSR count). The number of aromatic hydroxyl groups is 2. The molecule has 1 aromatic rings. The molecule has 19 heavy (non-hydrogen) atoms. The Morgan fingerprint density at radius 3 is 2.63 bits per heavy atom. The first kappa shape index (κ1) is 14.4. The van der Waals surface area contributed by atoms with Crippen LogP contribution in [0.5, 0.6) is 17.2 Å². The van der Waals surface area contributed by atoms with Gasteiger partial charge >= 0.3 is 0 Å². The van der Waals surface area contributed by atoms with Crippen LogP contribution in [0.15, 0.2) is 42.7 Å². The van der Waals surface area contributed by atoms with Crippen LogP contribution >= 0.6 is 0 Å². The van der Waals surface area contributed by atoms with E-state index in [1.807, 2.05) is 0 Å². The molecule has 0 atom stereocenters. The number of benzene rings is 1. The number of hydrogen-bond acceptors (Lipinski definition) is 5. The Balaban J connectivity index is 3.00. The molecule has 5 nitrogen and oxygen atoms in total. The van der Waals surface area contributed by atoms with Crippen LogP contribution in [-0.2, 0) is 4.79 Å². The van der Waals surface area contributed by atoms with Gasteiger partial charge in [-0.1, -0.05) is 12.7 Å². The number of rotatable bonds is 5. The van der Waals surface area contributed by atoms with Crippen molar-refractivity contribution >= 4 is 11.9 Å². The number of methoxy groups -OCH3 is 1. The van der Waals surface area contributed by atoms with Crippen molar-refractivity contribution in [2.45, 2.75) is 0 Å². The normalized spacial score (nSPS) is 11.5. The van der Waals surface area contributed by atoms with Crippen molar-refractivity contribution in [2.24, 2.45) is 0 Å². The Kier molecular flexibility index (Phi) is 4.76. The van der Waals surface area contributed by atoms with Crippen molar-refractivity contribution in [3.05, 3.63) is 48.3 Å². The van der Waals surface area contributed by atoms with E-state index in [2.05, 4.69) is 6.58 Å². The summed E-state index contributed by atoms with van der Waals surface area (Å²) in [7, 11) is 1.35. The third-order valence-corrected chi connectivity index (χ3v) is 2.23. The molecule has 0 saturated carbocycles. The summed E-state index contributed by atoms with van der Waals surface area (Å²) < 4.78 is 4.87. The number of ketones is 1. The molecular weight excluding hydrogens is 248 g/mol. The van der Waals surface area contributed by atoms with E-state index in [0.717, 1.165) is 12.2 Å². The minimum absolute atomic E-state index is 0.102. The highest BCUT2D eigenvalue weighted by atomic mass is 16.5. The molecular formula is C14H14O5. The zero-order valence-electron chi connectivity index (χ0n) is 10.3. The second-order valence-electron chi connectivity index (χ2n) is 3.60. The van der Waals surface area contributed by atoms with E-state index in [0.29, 0.717) is 5.56 Å². The zero-order valence-corrected chi connectivity index (χ0v) is 10.3. The molecule has 0 heterocycles. The van der Waals surface area contributed by atoms with Crippen molar-refractivity contribution in [2.75, 3.05) is 7.11 Å². The largest absolute Gasteiger partial charge is 0.508 e. The number of carbonyl (C=O) groups is 1. The van der Waals surface area contributed by atoms with Crippen LogP contribution in [-0.4, -0.2) is 28.2 Å². The number of aliphatic hydroxyl groups excluding tert-OH is 1. The van der Waals surface area contributed by atoms with Crippen LogP contribution in [0.2, 0.25) is 0 Å². The van der Waals surface area contributed by atoms with Gasteiger partial charge in [0.15, 0.2) is 17.3 Å². The molecule has 0 aromatic heterocycles. The molecule has 0 fully saturated rings. The van der Waals surface area contributed by atoms with Gasteiger partial charge in [-0.15, -0.1) is 0 Å². The van der Waals surface area contributed by atoms with E-state index >= 15 is 0 Å². The smallest absolute Gasteiger partial charge is 0.200 e. The van der Waals surface area contributed by atoms with Gasteiger partial charge in [-0.25, -0.2) is 0 Å². The van der Waals surface area contributed by atoms with Crippen molar-refractivity contribution in [3.8, 4) is 17.2 Å². The lowest BCUT2D eigenvalue weighted by atomic mass is 10.1. The maximum atomic E-state index is 11.0. The van der Waals surface area contributed by atoms with E-state index in [4.69, 9.17) is 4.74 Å². The Labute approximate surface area is 110 Å². The van der Waals surface area contributed by atoms with Gasteiger partial charge in [0.1, 0.15) is 5.76 Å². The molecule has 0 aliphatic rings. The highest BCUT2D eigenvalue weighted by Crippen LogP contribution is 2.36. The van der Waals surface area contributed by atoms with Gasteiger partial charge in [-0.05, 0) is 29.8 Å². The molecule has 3 N–H and O–H groups in total. The Morgan fingerprint density at radius 2 is 2.05 bits per heavy atom. The lowest BCUT2D eigenvalue weighted by Gasteiger charge is -2.06. The number of hydrogen-bond donors (Lipinski definition) is 3. The molecule has 0 spiro atoms. The third kappa shape index (κ3) is 3.92. The number of ether oxygens (including phenoxy) is 1. The minimum Gasteiger partial charge on any atom is -0.508 e. The second-order valence-corrected chi connectivity index (χ2v) is 3.60. The first-order chi connectivity index (χ1) is 8.97. The third-order valence-electron chi connectivity index (χ3n) is 2.23. The van der Waals surface area contributed by atoms with Crippen LogP contribution in [0.4, 0.5) is 0 Å². The number of phenolic OH excluding ortho intramolecular Hbond substituents is 2. The Hall–Kier alpha value is -2.69. The molecule has 0 radical (unpaired) electrons. The highest BCUT2D eigenvalue weighted by Gasteiger charge is 2.08. The van der Waals surface area contributed by atoms with Gasteiger partial charge in [0, 0.05) is 6.08 Å². The molecule has 0 bridgehead atoms. The average molecular weight is 262 g/mol. The first-order valence-electron chi connectivity index (χ1n) is 5.33. The van der Waals surface area contributed by atoms with Crippen LogP contribution in [0.1, 0.15) is 5.56 Å². The van der Waals surface area contributed by atoms with Gasteiger partial charge < -0.3 is 20.1 Å². The number of phenols is 2. The molecule has 1 aromatic carbocycles. The maximum Gasteiger partial charge on any atom is 0.200 e. The van der Waals surface area contributed by atoms with Crippen LogP contribution in [0.3, 0.4) is 0 Å². The standard InChI is InChI=1S/C14H14O5/c1-3-10(15)8-11(16)5-4-9-6-12(17)14(18)13(7-9)19-2/h3-8,16-18H,1H2,2H3. The van der Waals surface area contributed by atoms with E-state index in [9.17, 15) is 20.1 Å². The summed E-state index contributed by atoms with van der Waals surface area (Å²) in [5.74, 6) is -1.28. The van der Waals surface area contributed by atoms with Gasteiger partial charge in [-0.2, -0.15) is 0 Å². The van der Waals surface area contributed by atoms with Gasteiger partial charge in [-0.3, -0.25) is 4.79 Å². The number of aliphatic hydroxyl groups is 1. The van der Waals surface area contributed by atoms with E-state index < -0.39 is 5.78 Å². The van der Waals surface area contributed by atoms with Gasteiger partial charge in [0.05, 0.1) is 7.11 Å². The molecule has 0 saturated heterocycles. The van der Waals surface area contributed by atoms with E-state index in [1.54, 1.807) is 0 Å². The summed E-state index contributed by atoms with van der Waals surface area (Å²) in [5, 5.41) is 28.3. The fraction of sp³-hybridized carbons (Fsp3) is 0.0714. The lowest BCUT2D eigenvalue weighted by Crippen LogP contribution is -1.87. The Bertz CT molecular complexity index is 555. The molecule has 0 aliphatic heterocycles. The zero-order chi connectivity index (χ0) is 14.4. The van der Waals surface area contributed by atoms with E-state index in [1.165, 1.54) is 31.4 Å². The molecule has 0 unspecified atom stereocenters. The summed E-state index contributed by atoms with van der Waals surface area (Å²) >= 11 is 0. The van der Waals surface area contributed by atoms with Crippen molar-refractivity contribution < 1.29 is 24.9 Å². The maximum absolute atomic E-state index is 11.0. The summed E-state index contributed by atoms with van der Waals surface area (Å²) in [6.45, 7) is 3.27. The molecule has 100 valence electrons. The monoisotopic (exact) mass is 262 g/mol. The Morgan fingerprint density at radius 1 is 1.37 bits per heavy atom. The SMILES string of the molecule is C=CC(=O)C=C(O)C=Cc1cc(O)c(O)c(OC)c1. The number of allylic oxidation sites excluding steroid dienone is 3. The predicted molar refractivity (Wildman–Crippen MR) is 71.3 cm³/mol. The van der Waals surface area contributed by atoms with Crippen LogP contribution < -0.4 is 4.74 Å². The fourth-order valence-corrected chi connectivity index (χ4v) is 1.30. The van der Waals surface area contributed by atoms with Crippen molar-refractivity contribution in [3.63, 3.8) is 0 Å². The quantitative estimate of drug-likeness (QED) is 0.328. The van der Waals surface area contributed by atoms with Gasteiger partial charge in [0.25, 0.3) is 0 Å².